The third-order valence-electron chi connectivity index (χ3n) is 1.83. The molecule has 5 nitrogen and oxygen atoms in total. The summed E-state index contributed by atoms with van der Waals surface area (Å²) in [5.41, 5.74) is 0.593. The van der Waals surface area contributed by atoms with Crippen molar-refractivity contribution in [1.29, 1.82) is 5.26 Å². The van der Waals surface area contributed by atoms with Crippen LogP contribution in [0.4, 0.5) is 0 Å². The number of hydrogen-bond donors (Lipinski definition) is 0. The number of rotatable bonds is 3. The van der Waals surface area contributed by atoms with Crippen molar-refractivity contribution in [2.45, 2.75) is 15.2 Å². The Hall–Kier alpha value is -1.65. The van der Waals surface area contributed by atoms with E-state index in [1.165, 1.54) is 23.5 Å². The summed E-state index contributed by atoms with van der Waals surface area (Å²) in [6, 6.07) is 9.39. The molecule has 0 aliphatic rings. The first-order valence-corrected chi connectivity index (χ1v) is 6.66. The summed E-state index contributed by atoms with van der Waals surface area (Å²) in [5.74, 6) is 0. The van der Waals surface area contributed by atoms with Gasteiger partial charge in [-0.05, 0) is 30.2 Å². The number of aromatic nitrogens is 4. The van der Waals surface area contributed by atoms with Crippen molar-refractivity contribution in [2.75, 3.05) is 6.26 Å². The van der Waals surface area contributed by atoms with Gasteiger partial charge in [0.05, 0.1) is 5.56 Å². The Labute approximate surface area is 107 Å². The molecular formula is C10H7N5S2. The van der Waals surface area contributed by atoms with Crippen molar-refractivity contribution in [3.8, 4) is 6.07 Å². The molecule has 0 saturated carbocycles. The second-order valence-corrected chi connectivity index (χ2v) is 4.66. The molecule has 0 fully saturated rings. The van der Waals surface area contributed by atoms with E-state index in [1.54, 1.807) is 6.07 Å². The van der Waals surface area contributed by atoms with Gasteiger partial charge in [-0.1, -0.05) is 23.9 Å². The molecule has 0 aliphatic heterocycles. The van der Waals surface area contributed by atoms with Gasteiger partial charge >= 0.3 is 0 Å². The van der Waals surface area contributed by atoms with Gasteiger partial charge in [-0.25, -0.2) is 0 Å². The Balaban J connectivity index is 2.23. The lowest BCUT2D eigenvalue weighted by atomic mass is 10.2. The fraction of sp³-hybridized carbons (Fsp3) is 0.100. The lowest BCUT2D eigenvalue weighted by Crippen LogP contribution is -1.96. The molecule has 0 spiro atoms. The maximum Gasteiger partial charge on any atom is 0.234 e. The molecule has 0 unspecified atom stereocenters. The van der Waals surface area contributed by atoms with Gasteiger partial charge in [-0.3, -0.25) is 0 Å². The van der Waals surface area contributed by atoms with Crippen LogP contribution in [0.25, 0.3) is 0 Å². The topological polar surface area (TPSA) is 75.3 Å². The standard InChI is InChI=1S/C10H7N5S2/c1-16-9-12-14-10(15-13-9)17-8-5-3-2-4-7(8)6-11/h2-5H,1H3. The van der Waals surface area contributed by atoms with Gasteiger partial charge < -0.3 is 0 Å². The number of nitriles is 1. The van der Waals surface area contributed by atoms with E-state index in [0.717, 1.165) is 4.90 Å². The third-order valence-corrected chi connectivity index (χ3v) is 3.28. The van der Waals surface area contributed by atoms with Crippen molar-refractivity contribution in [2.24, 2.45) is 0 Å². The zero-order chi connectivity index (χ0) is 12.1. The zero-order valence-electron chi connectivity index (χ0n) is 8.86. The lowest BCUT2D eigenvalue weighted by Gasteiger charge is -2.00. The molecular weight excluding hydrogens is 254 g/mol. The highest BCUT2D eigenvalue weighted by Crippen LogP contribution is 2.26. The van der Waals surface area contributed by atoms with E-state index in [1.807, 2.05) is 24.5 Å². The molecule has 84 valence electrons. The molecule has 0 aliphatic carbocycles. The Morgan fingerprint density at radius 1 is 1.06 bits per heavy atom. The average molecular weight is 261 g/mol. The fourth-order valence-electron chi connectivity index (χ4n) is 1.08. The molecule has 0 radical (unpaired) electrons. The summed E-state index contributed by atoms with van der Waals surface area (Å²) in [5, 5.41) is 25.5. The summed E-state index contributed by atoms with van der Waals surface area (Å²) in [7, 11) is 0. The molecule has 1 aromatic heterocycles. The Kier molecular flexibility index (Phi) is 3.90. The molecule has 0 N–H and O–H groups in total. The monoisotopic (exact) mass is 261 g/mol. The van der Waals surface area contributed by atoms with Crippen LogP contribution in [0.3, 0.4) is 0 Å². The van der Waals surface area contributed by atoms with Gasteiger partial charge in [0.25, 0.3) is 0 Å². The molecule has 7 heteroatoms. The normalized spacial score (nSPS) is 9.88. The Bertz CT molecular complexity index is 549. The quantitative estimate of drug-likeness (QED) is 0.782. The average Bonchev–Trinajstić information content (AvgIpc) is 2.40. The molecule has 0 bridgehead atoms. The van der Waals surface area contributed by atoms with Crippen LogP contribution in [0.5, 0.6) is 0 Å². The van der Waals surface area contributed by atoms with Gasteiger partial charge in [-0.2, -0.15) is 5.26 Å². The van der Waals surface area contributed by atoms with E-state index in [4.69, 9.17) is 5.26 Å². The largest absolute Gasteiger partial charge is 0.234 e. The number of nitrogens with zero attached hydrogens (tertiary/aromatic N) is 5. The SMILES string of the molecule is CSc1nnc(Sc2ccccc2C#N)nn1. The van der Waals surface area contributed by atoms with Crippen molar-refractivity contribution in [3.05, 3.63) is 29.8 Å². The molecule has 1 heterocycles. The number of hydrogen-bond acceptors (Lipinski definition) is 7. The molecule has 2 rings (SSSR count). The minimum Gasteiger partial charge on any atom is -0.192 e. The van der Waals surface area contributed by atoms with Gasteiger partial charge in [-0.15, -0.1) is 20.4 Å². The number of benzene rings is 1. The Morgan fingerprint density at radius 2 is 1.71 bits per heavy atom. The van der Waals surface area contributed by atoms with Gasteiger partial charge in [0.2, 0.25) is 10.3 Å². The highest BCUT2D eigenvalue weighted by Gasteiger charge is 2.06. The molecule has 0 atom stereocenters. The van der Waals surface area contributed by atoms with Crippen LogP contribution in [0.1, 0.15) is 5.56 Å². The van der Waals surface area contributed by atoms with Crippen LogP contribution in [-0.4, -0.2) is 26.7 Å². The van der Waals surface area contributed by atoms with Gasteiger partial charge in [0.1, 0.15) is 6.07 Å². The van der Waals surface area contributed by atoms with Crippen LogP contribution < -0.4 is 0 Å². The van der Waals surface area contributed by atoms with Crippen molar-refractivity contribution in [1.82, 2.24) is 20.4 Å². The second kappa shape index (κ2) is 5.61. The van der Waals surface area contributed by atoms with E-state index >= 15 is 0 Å². The highest BCUT2D eigenvalue weighted by atomic mass is 32.2. The summed E-state index contributed by atoms with van der Waals surface area (Å²) < 4.78 is 0. The van der Waals surface area contributed by atoms with Crippen LogP contribution in [0, 0.1) is 11.3 Å². The summed E-state index contributed by atoms with van der Waals surface area (Å²) in [6.45, 7) is 0. The molecule has 0 amide bonds. The van der Waals surface area contributed by atoms with Crippen molar-refractivity contribution < 1.29 is 0 Å². The molecule has 1 aromatic carbocycles. The van der Waals surface area contributed by atoms with Crippen molar-refractivity contribution >= 4 is 23.5 Å². The predicted octanol–water partition coefficient (Wildman–Crippen LogP) is 2.01. The first-order chi connectivity index (χ1) is 8.33. The second-order valence-electron chi connectivity index (χ2n) is 2.88. The molecule has 0 saturated heterocycles. The van der Waals surface area contributed by atoms with E-state index in [-0.39, 0.29) is 0 Å². The first-order valence-electron chi connectivity index (χ1n) is 4.62. The zero-order valence-corrected chi connectivity index (χ0v) is 10.5. The van der Waals surface area contributed by atoms with Gasteiger partial charge in [0.15, 0.2) is 0 Å². The summed E-state index contributed by atoms with van der Waals surface area (Å²) >= 11 is 2.66. The maximum absolute atomic E-state index is 8.94. The van der Waals surface area contributed by atoms with E-state index in [0.29, 0.717) is 15.9 Å². The minimum atomic E-state index is 0.436. The van der Waals surface area contributed by atoms with E-state index in [9.17, 15) is 0 Å². The van der Waals surface area contributed by atoms with Crippen LogP contribution >= 0.6 is 23.5 Å². The van der Waals surface area contributed by atoms with Gasteiger partial charge in [0, 0.05) is 4.90 Å². The smallest absolute Gasteiger partial charge is 0.192 e. The lowest BCUT2D eigenvalue weighted by molar-refractivity contribution is 0.666. The maximum atomic E-state index is 8.94. The summed E-state index contributed by atoms with van der Waals surface area (Å²) in [4.78, 5) is 0.801. The first kappa shape index (κ1) is 11.8. The predicted molar refractivity (Wildman–Crippen MR) is 64.7 cm³/mol. The van der Waals surface area contributed by atoms with E-state index in [2.05, 4.69) is 26.5 Å². The van der Waals surface area contributed by atoms with E-state index < -0.39 is 0 Å². The summed E-state index contributed by atoms with van der Waals surface area (Å²) in [6.07, 6.45) is 1.86. The van der Waals surface area contributed by atoms with Crippen LogP contribution in [0.2, 0.25) is 0 Å². The molecule has 17 heavy (non-hydrogen) atoms. The minimum absolute atomic E-state index is 0.436. The fourth-order valence-corrected chi connectivity index (χ4v) is 2.06. The molecule has 2 aromatic rings. The highest BCUT2D eigenvalue weighted by molar-refractivity contribution is 7.99. The third kappa shape index (κ3) is 2.93. The number of thioether (sulfide) groups is 1. The Morgan fingerprint density at radius 3 is 2.35 bits per heavy atom. The van der Waals surface area contributed by atoms with Crippen molar-refractivity contribution in [3.63, 3.8) is 0 Å². The van der Waals surface area contributed by atoms with Crippen LogP contribution in [-0.2, 0) is 0 Å². The van der Waals surface area contributed by atoms with Crippen LogP contribution in [0.15, 0.2) is 39.5 Å².